The third-order valence-electron chi connectivity index (χ3n) is 1.99. The molecule has 1 rings (SSSR count). The van der Waals surface area contributed by atoms with Crippen molar-refractivity contribution >= 4 is 23.7 Å². The highest BCUT2D eigenvalue weighted by molar-refractivity contribution is 5.99. The molecule has 108 valence electrons. The molecule has 0 atom stereocenters. The minimum atomic E-state index is -0.583. The van der Waals surface area contributed by atoms with Crippen molar-refractivity contribution in [2.45, 2.75) is 19.9 Å². The highest BCUT2D eigenvalue weighted by Gasteiger charge is 2.11. The van der Waals surface area contributed by atoms with Crippen molar-refractivity contribution in [2.24, 2.45) is 5.73 Å². The van der Waals surface area contributed by atoms with Crippen LogP contribution in [0.3, 0.4) is 0 Å². The molecule has 1 aromatic heterocycles. The molecular formula is C11H17N7O2. The van der Waals surface area contributed by atoms with Crippen molar-refractivity contribution in [1.82, 2.24) is 20.6 Å². The third-order valence-corrected chi connectivity index (χ3v) is 1.99. The largest absolute Gasteiger partial charge is 0.370 e. The lowest BCUT2D eigenvalue weighted by Crippen LogP contribution is -2.42. The molecular weight excluding hydrogens is 262 g/mol. The van der Waals surface area contributed by atoms with Gasteiger partial charge in [0, 0.05) is 12.2 Å². The van der Waals surface area contributed by atoms with Crippen molar-refractivity contribution in [1.29, 1.82) is 5.41 Å². The van der Waals surface area contributed by atoms with E-state index >= 15 is 0 Å². The Morgan fingerprint density at radius 2 is 2.15 bits per heavy atom. The second-order valence-electron chi connectivity index (χ2n) is 4.21. The fourth-order valence-electron chi connectivity index (χ4n) is 1.26. The number of hydrogen-bond donors (Lipinski definition) is 5. The molecule has 0 spiro atoms. The van der Waals surface area contributed by atoms with Gasteiger partial charge in [0.2, 0.25) is 11.9 Å². The number of nitrogens with two attached hydrogens (primary N) is 1. The van der Waals surface area contributed by atoms with Crippen LogP contribution in [-0.2, 0) is 4.79 Å². The summed E-state index contributed by atoms with van der Waals surface area (Å²) in [6.07, 6.45) is 1.45. The average Bonchev–Trinajstić information content (AvgIpc) is 2.34. The molecule has 1 heterocycles. The summed E-state index contributed by atoms with van der Waals surface area (Å²) in [6.45, 7) is 3.54. The first-order valence-electron chi connectivity index (χ1n) is 5.90. The van der Waals surface area contributed by atoms with Crippen molar-refractivity contribution < 1.29 is 9.59 Å². The molecule has 6 N–H and O–H groups in total. The zero-order valence-electron chi connectivity index (χ0n) is 11.2. The molecule has 0 saturated heterocycles. The number of aromatic nitrogens is 2. The second kappa shape index (κ2) is 7.02. The predicted octanol–water partition coefficient (Wildman–Crippen LogP) is -0.964. The average molecular weight is 279 g/mol. The first-order valence-corrected chi connectivity index (χ1v) is 5.90. The van der Waals surface area contributed by atoms with Gasteiger partial charge in [0.05, 0.1) is 6.54 Å². The molecule has 20 heavy (non-hydrogen) atoms. The van der Waals surface area contributed by atoms with Gasteiger partial charge < -0.3 is 16.4 Å². The monoisotopic (exact) mass is 279 g/mol. The first kappa shape index (κ1) is 15.3. The van der Waals surface area contributed by atoms with E-state index in [1.54, 1.807) is 0 Å². The van der Waals surface area contributed by atoms with Crippen molar-refractivity contribution in [3.8, 4) is 0 Å². The summed E-state index contributed by atoms with van der Waals surface area (Å²) >= 11 is 0. The first-order chi connectivity index (χ1) is 9.38. The van der Waals surface area contributed by atoms with Crippen molar-refractivity contribution in [3.63, 3.8) is 0 Å². The maximum absolute atomic E-state index is 11.8. The minimum Gasteiger partial charge on any atom is -0.370 e. The molecule has 0 radical (unpaired) electrons. The van der Waals surface area contributed by atoms with E-state index in [1.807, 2.05) is 19.2 Å². The Balaban J connectivity index is 2.59. The molecule has 9 nitrogen and oxygen atoms in total. The number of nitrogens with zero attached hydrogens (tertiary/aromatic N) is 2. The smallest absolute Gasteiger partial charge is 0.270 e. The maximum atomic E-state index is 11.8. The van der Waals surface area contributed by atoms with E-state index < -0.39 is 17.8 Å². The third kappa shape index (κ3) is 5.29. The van der Waals surface area contributed by atoms with E-state index in [9.17, 15) is 9.59 Å². The molecule has 2 amide bonds. The number of rotatable bonds is 5. The molecule has 0 saturated carbocycles. The Hall–Kier alpha value is -2.71. The SMILES string of the molecule is CC(C)Nc1nccc(C(=O)NCC(=O)NC(=N)N)n1. The number of amides is 2. The van der Waals surface area contributed by atoms with Gasteiger partial charge in [-0.25, -0.2) is 9.97 Å². The molecule has 0 aliphatic heterocycles. The van der Waals surface area contributed by atoms with Crippen LogP contribution in [0.1, 0.15) is 24.3 Å². The zero-order valence-corrected chi connectivity index (χ0v) is 11.2. The molecule has 9 heteroatoms. The van der Waals surface area contributed by atoms with E-state index in [0.717, 1.165) is 0 Å². The Morgan fingerprint density at radius 1 is 1.45 bits per heavy atom. The van der Waals surface area contributed by atoms with Gasteiger partial charge >= 0.3 is 0 Å². The standard InChI is InChI=1S/C11H17N7O2/c1-6(2)16-11-14-4-3-7(17-11)9(20)15-5-8(19)18-10(12)13/h3-4,6H,5H2,1-2H3,(H,15,20)(H,14,16,17)(H4,12,13,18,19). The molecule has 0 fully saturated rings. The highest BCUT2D eigenvalue weighted by Crippen LogP contribution is 2.02. The van der Waals surface area contributed by atoms with Crippen molar-refractivity contribution in [3.05, 3.63) is 18.0 Å². The number of guanidine groups is 1. The van der Waals surface area contributed by atoms with Crippen LogP contribution in [0.2, 0.25) is 0 Å². The van der Waals surface area contributed by atoms with Crippen LogP contribution in [0.4, 0.5) is 5.95 Å². The number of carbonyl (C=O) groups is 2. The number of hydrogen-bond acceptors (Lipinski definition) is 6. The van der Waals surface area contributed by atoms with Gasteiger partial charge in [-0.1, -0.05) is 0 Å². The van der Waals surface area contributed by atoms with Crippen LogP contribution in [0.15, 0.2) is 12.3 Å². The van der Waals surface area contributed by atoms with E-state index in [0.29, 0.717) is 5.95 Å². The zero-order chi connectivity index (χ0) is 15.1. The Kier molecular flexibility index (Phi) is 5.39. The topological polar surface area (TPSA) is 146 Å². The molecule has 1 aromatic rings. The van der Waals surface area contributed by atoms with Crippen LogP contribution in [0.5, 0.6) is 0 Å². The number of nitrogens with one attached hydrogen (secondary N) is 4. The van der Waals surface area contributed by atoms with E-state index in [1.165, 1.54) is 12.3 Å². The van der Waals surface area contributed by atoms with Gasteiger partial charge in [0.15, 0.2) is 5.96 Å². The summed E-state index contributed by atoms with van der Waals surface area (Å²) in [4.78, 5) is 31.0. The van der Waals surface area contributed by atoms with Gasteiger partial charge in [0.1, 0.15) is 5.69 Å². The van der Waals surface area contributed by atoms with E-state index in [4.69, 9.17) is 11.1 Å². The number of anilines is 1. The summed E-state index contributed by atoms with van der Waals surface area (Å²) < 4.78 is 0. The summed E-state index contributed by atoms with van der Waals surface area (Å²) in [6, 6.07) is 1.57. The molecule has 0 bridgehead atoms. The normalized spacial score (nSPS) is 9.95. The predicted molar refractivity (Wildman–Crippen MR) is 73.2 cm³/mol. The fraction of sp³-hybridized carbons (Fsp3) is 0.364. The van der Waals surface area contributed by atoms with Crippen LogP contribution in [0.25, 0.3) is 0 Å². The second-order valence-corrected chi connectivity index (χ2v) is 4.21. The molecule has 0 aliphatic carbocycles. The van der Waals surface area contributed by atoms with Crippen LogP contribution < -0.4 is 21.7 Å². The summed E-state index contributed by atoms with van der Waals surface area (Å²) in [7, 11) is 0. The van der Waals surface area contributed by atoms with Gasteiger partial charge in [0.25, 0.3) is 5.91 Å². The number of carbonyl (C=O) groups excluding carboxylic acids is 2. The Labute approximate surface area is 115 Å². The van der Waals surface area contributed by atoms with Gasteiger partial charge in [-0.3, -0.25) is 20.3 Å². The van der Waals surface area contributed by atoms with E-state index in [2.05, 4.69) is 20.6 Å². The summed E-state index contributed by atoms with van der Waals surface area (Å²) in [5.41, 5.74) is 5.12. The van der Waals surface area contributed by atoms with Gasteiger partial charge in [-0.2, -0.15) is 0 Å². The van der Waals surface area contributed by atoms with Gasteiger partial charge in [-0.05, 0) is 19.9 Å². The molecule has 0 aromatic carbocycles. The quantitative estimate of drug-likeness (QED) is 0.346. The highest BCUT2D eigenvalue weighted by atomic mass is 16.2. The summed E-state index contributed by atoms with van der Waals surface area (Å²) in [5, 5.41) is 14.2. The lowest BCUT2D eigenvalue weighted by Gasteiger charge is -2.09. The molecule has 0 unspecified atom stereocenters. The van der Waals surface area contributed by atoms with Crippen LogP contribution in [0, 0.1) is 5.41 Å². The van der Waals surface area contributed by atoms with Crippen molar-refractivity contribution in [2.75, 3.05) is 11.9 Å². The lowest BCUT2D eigenvalue weighted by atomic mass is 10.3. The minimum absolute atomic E-state index is 0.134. The Bertz CT molecular complexity index is 515. The van der Waals surface area contributed by atoms with Crippen LogP contribution in [-0.4, -0.2) is 40.3 Å². The fourth-order valence-corrected chi connectivity index (χ4v) is 1.26. The molecule has 0 aliphatic rings. The lowest BCUT2D eigenvalue weighted by molar-refractivity contribution is -0.118. The van der Waals surface area contributed by atoms with Crippen LogP contribution >= 0.6 is 0 Å². The van der Waals surface area contributed by atoms with E-state index in [-0.39, 0.29) is 18.3 Å². The maximum Gasteiger partial charge on any atom is 0.270 e. The van der Waals surface area contributed by atoms with Gasteiger partial charge in [-0.15, -0.1) is 0 Å². The Morgan fingerprint density at radius 3 is 2.75 bits per heavy atom. The summed E-state index contributed by atoms with van der Waals surface area (Å²) in [5.74, 6) is -1.24.